The van der Waals surface area contributed by atoms with Crippen LogP contribution < -0.4 is 0 Å². The van der Waals surface area contributed by atoms with Gasteiger partial charge >= 0.3 is 0 Å². The maximum Gasteiger partial charge on any atom is 0.235 e. The molecule has 0 saturated carbocycles. The molecule has 0 radical (unpaired) electrons. The van der Waals surface area contributed by atoms with Gasteiger partial charge in [0.15, 0.2) is 0 Å². The van der Waals surface area contributed by atoms with Crippen LogP contribution in [-0.2, 0) is 0 Å². The van der Waals surface area contributed by atoms with Crippen molar-refractivity contribution in [3.63, 3.8) is 0 Å². The van der Waals surface area contributed by atoms with Gasteiger partial charge in [-0.2, -0.15) is 0 Å². The Morgan fingerprint density at radius 3 is 1.81 bits per heavy atom. The van der Waals surface area contributed by atoms with Gasteiger partial charge in [-0.1, -0.05) is 127 Å². The van der Waals surface area contributed by atoms with Gasteiger partial charge in [-0.15, -0.1) is 0 Å². The number of rotatable bonds is 3. The lowest BCUT2D eigenvalue weighted by molar-refractivity contribution is 0.669. The quantitative estimate of drug-likeness (QED) is 0.170. The van der Waals surface area contributed by atoms with Crippen LogP contribution in [0.15, 0.2) is 186 Å². The maximum atomic E-state index is 6.36. The Morgan fingerprint density at radius 2 is 0.982 bits per heavy atom. The molecule has 57 heavy (non-hydrogen) atoms. The summed E-state index contributed by atoms with van der Waals surface area (Å²) in [6.07, 6.45) is 0. The SMILES string of the molecule is c1ccc(-n2c3ccc4c(c5ccccc5n4-c4nc(-c5ccc6c(c5)oc5ccccc56)c5ccccc5n4)c3c3c4ccccc4c4ccccc4c32)cc1. The van der Waals surface area contributed by atoms with Gasteiger partial charge in [0, 0.05) is 54.3 Å². The Balaban J connectivity index is 1.18. The zero-order chi connectivity index (χ0) is 37.2. The molecule has 0 aliphatic carbocycles. The molecular weight excluding hydrogens is 697 g/mol. The van der Waals surface area contributed by atoms with E-state index in [2.05, 4.69) is 179 Å². The number of furan rings is 1. The Labute approximate surface area is 325 Å². The summed E-state index contributed by atoms with van der Waals surface area (Å²) < 4.78 is 11.1. The monoisotopic (exact) mass is 726 g/mol. The molecule has 0 spiro atoms. The standard InChI is InChI=1S/C52H30N4O/c1-2-14-32(15-3-1)55-44-29-28-43-47(49(44)48-37-19-6-4-16-33(37)34-17-5-7-20-38(34)51(48)55)40-22-9-12-24-42(40)56(43)52-53-41-23-11-8-21-39(41)50(54-52)31-26-27-36-35-18-10-13-25-45(35)57-46(36)30-31/h1-30H. The zero-order valence-electron chi connectivity index (χ0n) is 30.5. The van der Waals surface area contributed by atoms with Gasteiger partial charge in [0.25, 0.3) is 0 Å². The molecule has 5 nitrogen and oxygen atoms in total. The van der Waals surface area contributed by atoms with Crippen molar-refractivity contribution in [3.05, 3.63) is 182 Å². The molecule has 0 amide bonds. The largest absolute Gasteiger partial charge is 0.456 e. The van der Waals surface area contributed by atoms with Crippen LogP contribution in [0.2, 0.25) is 0 Å². The summed E-state index contributed by atoms with van der Waals surface area (Å²) in [6.45, 7) is 0. The zero-order valence-corrected chi connectivity index (χ0v) is 30.5. The third-order valence-corrected chi connectivity index (χ3v) is 11.9. The van der Waals surface area contributed by atoms with E-state index < -0.39 is 0 Å². The van der Waals surface area contributed by atoms with Crippen molar-refractivity contribution in [2.24, 2.45) is 0 Å². The molecular formula is C52H30N4O. The van der Waals surface area contributed by atoms with Crippen molar-refractivity contribution < 1.29 is 4.42 Å². The van der Waals surface area contributed by atoms with E-state index in [1.807, 2.05) is 12.1 Å². The van der Waals surface area contributed by atoms with Gasteiger partial charge in [0.1, 0.15) is 11.2 Å². The first-order chi connectivity index (χ1) is 28.3. The molecule has 0 unspecified atom stereocenters. The van der Waals surface area contributed by atoms with Crippen LogP contribution in [0.4, 0.5) is 0 Å². The van der Waals surface area contributed by atoms with Gasteiger partial charge in [-0.3, -0.25) is 4.57 Å². The van der Waals surface area contributed by atoms with Crippen LogP contribution in [0.1, 0.15) is 0 Å². The topological polar surface area (TPSA) is 48.8 Å². The predicted molar refractivity (Wildman–Crippen MR) is 236 cm³/mol. The van der Waals surface area contributed by atoms with Gasteiger partial charge in [0.05, 0.1) is 33.3 Å². The number of aromatic nitrogens is 4. The molecule has 0 saturated heterocycles. The Hall–Kier alpha value is -7.76. The van der Waals surface area contributed by atoms with Crippen molar-refractivity contribution >= 4 is 98.0 Å². The molecule has 0 N–H and O–H groups in total. The summed E-state index contributed by atoms with van der Waals surface area (Å²) in [7, 11) is 0. The first kappa shape index (κ1) is 30.6. The second kappa shape index (κ2) is 11.4. The second-order valence-electron chi connectivity index (χ2n) is 14.9. The fourth-order valence-corrected chi connectivity index (χ4v) is 9.54. The molecule has 9 aromatic carbocycles. The first-order valence-electron chi connectivity index (χ1n) is 19.3. The second-order valence-corrected chi connectivity index (χ2v) is 14.9. The highest BCUT2D eigenvalue weighted by Crippen LogP contribution is 2.47. The van der Waals surface area contributed by atoms with Gasteiger partial charge in [-0.25, -0.2) is 9.97 Å². The van der Waals surface area contributed by atoms with E-state index in [0.717, 1.165) is 71.7 Å². The molecule has 0 aliphatic rings. The van der Waals surface area contributed by atoms with Crippen molar-refractivity contribution in [1.82, 2.24) is 19.1 Å². The Bertz CT molecular complexity index is 3810. The van der Waals surface area contributed by atoms with Gasteiger partial charge in [-0.05, 0) is 70.8 Å². The molecule has 264 valence electrons. The van der Waals surface area contributed by atoms with E-state index in [0.29, 0.717) is 5.95 Å². The maximum absolute atomic E-state index is 6.36. The fraction of sp³-hybridized carbons (Fsp3) is 0. The smallest absolute Gasteiger partial charge is 0.235 e. The van der Waals surface area contributed by atoms with Crippen molar-refractivity contribution in [3.8, 4) is 22.9 Å². The number of nitrogens with zero attached hydrogens (tertiary/aromatic N) is 4. The van der Waals surface area contributed by atoms with Crippen LogP contribution in [-0.4, -0.2) is 19.1 Å². The average Bonchev–Trinajstić information content (AvgIpc) is 3.94. The average molecular weight is 727 g/mol. The highest BCUT2D eigenvalue weighted by Gasteiger charge is 2.25. The van der Waals surface area contributed by atoms with Gasteiger partial charge in [0.2, 0.25) is 5.95 Å². The predicted octanol–water partition coefficient (Wildman–Crippen LogP) is 13.7. The first-order valence-corrected chi connectivity index (χ1v) is 19.3. The van der Waals surface area contributed by atoms with Crippen LogP contribution in [0, 0.1) is 0 Å². The molecule has 0 bridgehead atoms. The van der Waals surface area contributed by atoms with E-state index in [-0.39, 0.29) is 0 Å². The lowest BCUT2D eigenvalue weighted by Gasteiger charge is -2.12. The summed E-state index contributed by atoms with van der Waals surface area (Å²) in [5.41, 5.74) is 10.1. The molecule has 13 rings (SSSR count). The number of hydrogen-bond donors (Lipinski definition) is 0. The van der Waals surface area contributed by atoms with E-state index in [4.69, 9.17) is 14.4 Å². The highest BCUT2D eigenvalue weighted by molar-refractivity contribution is 6.38. The van der Waals surface area contributed by atoms with E-state index in [1.165, 1.54) is 43.2 Å². The third-order valence-electron chi connectivity index (χ3n) is 11.9. The van der Waals surface area contributed by atoms with E-state index in [9.17, 15) is 0 Å². The van der Waals surface area contributed by atoms with Crippen LogP contribution >= 0.6 is 0 Å². The van der Waals surface area contributed by atoms with Crippen LogP contribution in [0.25, 0.3) is 121 Å². The lowest BCUT2D eigenvalue weighted by Crippen LogP contribution is -2.03. The summed E-state index contributed by atoms with van der Waals surface area (Å²) in [5.74, 6) is 0.626. The number of fused-ring (bicyclic) bond motifs is 16. The minimum atomic E-state index is 0.626. The summed E-state index contributed by atoms with van der Waals surface area (Å²) >= 11 is 0. The molecule has 5 heteroatoms. The number of para-hydroxylation sites is 4. The molecule has 0 fully saturated rings. The number of hydrogen-bond acceptors (Lipinski definition) is 3. The van der Waals surface area contributed by atoms with Crippen LogP contribution in [0.3, 0.4) is 0 Å². The fourth-order valence-electron chi connectivity index (χ4n) is 9.54. The van der Waals surface area contributed by atoms with E-state index >= 15 is 0 Å². The molecule has 0 atom stereocenters. The molecule has 0 aliphatic heterocycles. The van der Waals surface area contributed by atoms with E-state index in [1.54, 1.807) is 0 Å². The number of benzene rings is 9. The highest BCUT2D eigenvalue weighted by atomic mass is 16.3. The van der Waals surface area contributed by atoms with Crippen molar-refractivity contribution in [2.45, 2.75) is 0 Å². The molecule has 4 heterocycles. The summed E-state index contributed by atoms with van der Waals surface area (Å²) in [4.78, 5) is 10.8. The van der Waals surface area contributed by atoms with Crippen molar-refractivity contribution in [2.75, 3.05) is 0 Å². The molecule has 4 aromatic heterocycles. The minimum absolute atomic E-state index is 0.626. The molecule has 13 aromatic rings. The lowest BCUT2D eigenvalue weighted by atomic mass is 9.95. The summed E-state index contributed by atoms with van der Waals surface area (Å²) in [5, 5.41) is 13.0. The van der Waals surface area contributed by atoms with Gasteiger partial charge < -0.3 is 8.98 Å². The summed E-state index contributed by atoms with van der Waals surface area (Å²) in [6, 6.07) is 64.7. The third kappa shape index (κ3) is 4.17. The van der Waals surface area contributed by atoms with Crippen molar-refractivity contribution in [1.29, 1.82) is 0 Å². The normalized spacial score (nSPS) is 12.2. The van der Waals surface area contributed by atoms with Crippen LogP contribution in [0.5, 0.6) is 0 Å². The minimum Gasteiger partial charge on any atom is -0.456 e. The Kier molecular flexibility index (Phi) is 6.10. The Morgan fingerprint density at radius 1 is 0.368 bits per heavy atom.